The van der Waals surface area contributed by atoms with Crippen LogP contribution in [0.5, 0.6) is 0 Å². The van der Waals surface area contributed by atoms with Gasteiger partial charge in [0, 0.05) is 40.8 Å². The standard InChI is InChI=1S/C18H16Cl2N8OS/c1-22-18-23-5-4-14(27-18)17-24-9-15(30-17)16(29)26-12(8-25-28-21)6-10-2-3-11(19)7-13(10)20/h2-5,7,9,12H,6,8H2,1H3,(H,26,29)(H,22,23,27)/t12-/m0/s1. The summed E-state index contributed by atoms with van der Waals surface area (Å²) < 4.78 is 0. The molecule has 0 aliphatic carbocycles. The lowest BCUT2D eigenvalue weighted by molar-refractivity contribution is 0.0942. The Hall–Kier alpha value is -2.91. The minimum Gasteiger partial charge on any atom is -0.357 e. The zero-order chi connectivity index (χ0) is 21.5. The lowest BCUT2D eigenvalue weighted by Gasteiger charge is -2.17. The molecule has 0 radical (unpaired) electrons. The van der Waals surface area contributed by atoms with Gasteiger partial charge in [0.15, 0.2) is 0 Å². The molecule has 0 aliphatic rings. The second kappa shape index (κ2) is 10.2. The Morgan fingerprint density at radius 3 is 2.90 bits per heavy atom. The summed E-state index contributed by atoms with van der Waals surface area (Å²) in [5.74, 6) is 0.132. The average Bonchev–Trinajstić information content (AvgIpc) is 3.24. The number of thiazole rings is 1. The highest BCUT2D eigenvalue weighted by atomic mass is 35.5. The minimum absolute atomic E-state index is 0.0737. The number of rotatable bonds is 8. The Labute approximate surface area is 186 Å². The van der Waals surface area contributed by atoms with Crippen molar-refractivity contribution in [1.29, 1.82) is 0 Å². The first-order chi connectivity index (χ1) is 14.5. The molecule has 9 nitrogen and oxygen atoms in total. The van der Waals surface area contributed by atoms with E-state index in [1.54, 1.807) is 37.5 Å². The molecule has 3 aromatic rings. The van der Waals surface area contributed by atoms with Gasteiger partial charge in [0.2, 0.25) is 5.95 Å². The van der Waals surface area contributed by atoms with E-state index in [4.69, 9.17) is 28.7 Å². The Morgan fingerprint density at radius 2 is 2.17 bits per heavy atom. The van der Waals surface area contributed by atoms with Gasteiger partial charge in [-0.05, 0) is 35.7 Å². The summed E-state index contributed by atoms with van der Waals surface area (Å²) in [6, 6.07) is 6.38. The molecule has 0 fully saturated rings. The van der Waals surface area contributed by atoms with Gasteiger partial charge in [-0.25, -0.2) is 15.0 Å². The van der Waals surface area contributed by atoms with Crippen LogP contribution in [0.4, 0.5) is 5.95 Å². The summed E-state index contributed by atoms with van der Waals surface area (Å²) >= 11 is 13.4. The second-order valence-electron chi connectivity index (χ2n) is 6.07. The number of nitrogens with one attached hydrogen (secondary N) is 2. The topological polar surface area (TPSA) is 129 Å². The number of carbonyl (C=O) groups is 1. The average molecular weight is 463 g/mol. The lowest BCUT2D eigenvalue weighted by atomic mass is 10.1. The molecule has 2 heterocycles. The molecule has 1 amide bonds. The fraction of sp³-hybridized carbons (Fsp3) is 0.222. The Balaban J connectivity index is 1.75. The quantitative estimate of drug-likeness (QED) is 0.287. The number of hydrogen-bond donors (Lipinski definition) is 2. The van der Waals surface area contributed by atoms with Gasteiger partial charge in [-0.15, -0.1) is 11.3 Å². The highest BCUT2D eigenvalue weighted by molar-refractivity contribution is 7.16. The molecule has 12 heteroatoms. The molecular weight excluding hydrogens is 447 g/mol. The van der Waals surface area contributed by atoms with Crippen LogP contribution >= 0.6 is 34.5 Å². The number of halogens is 2. The smallest absolute Gasteiger partial charge is 0.263 e. The molecule has 0 aliphatic heterocycles. The third-order valence-electron chi connectivity index (χ3n) is 4.01. The molecular formula is C18H16Cl2N8OS. The Bertz CT molecular complexity index is 1100. The van der Waals surface area contributed by atoms with E-state index < -0.39 is 6.04 Å². The van der Waals surface area contributed by atoms with E-state index in [1.807, 2.05) is 0 Å². The zero-order valence-electron chi connectivity index (χ0n) is 15.7. The van der Waals surface area contributed by atoms with E-state index in [0.717, 1.165) is 5.56 Å². The van der Waals surface area contributed by atoms with Gasteiger partial charge in [-0.2, -0.15) is 0 Å². The number of carbonyl (C=O) groups excluding carboxylic acids is 1. The van der Waals surface area contributed by atoms with Crippen LogP contribution in [0, 0.1) is 0 Å². The van der Waals surface area contributed by atoms with Crippen molar-refractivity contribution in [2.24, 2.45) is 5.11 Å². The van der Waals surface area contributed by atoms with E-state index in [9.17, 15) is 4.79 Å². The molecule has 2 N–H and O–H groups in total. The predicted molar refractivity (Wildman–Crippen MR) is 118 cm³/mol. The fourth-order valence-corrected chi connectivity index (χ4v) is 3.88. The van der Waals surface area contributed by atoms with Crippen LogP contribution in [0.2, 0.25) is 10.0 Å². The summed E-state index contributed by atoms with van der Waals surface area (Å²) in [5, 5.41) is 10.9. The van der Waals surface area contributed by atoms with Crippen LogP contribution in [0.25, 0.3) is 21.1 Å². The van der Waals surface area contributed by atoms with Gasteiger partial charge in [-0.3, -0.25) is 4.79 Å². The molecule has 2 aromatic heterocycles. The monoisotopic (exact) mass is 462 g/mol. The van der Waals surface area contributed by atoms with Gasteiger partial charge in [-0.1, -0.05) is 34.4 Å². The molecule has 0 unspecified atom stereocenters. The van der Waals surface area contributed by atoms with E-state index in [-0.39, 0.29) is 12.5 Å². The van der Waals surface area contributed by atoms with Crippen molar-refractivity contribution in [2.45, 2.75) is 12.5 Å². The number of aromatic nitrogens is 3. The number of nitrogens with zero attached hydrogens (tertiary/aromatic N) is 6. The number of azide groups is 1. The Kier molecular flexibility index (Phi) is 7.42. The first-order valence-electron chi connectivity index (χ1n) is 8.72. The van der Waals surface area contributed by atoms with Gasteiger partial charge >= 0.3 is 0 Å². The summed E-state index contributed by atoms with van der Waals surface area (Å²) in [6.45, 7) is 0.0737. The number of amides is 1. The molecule has 3 rings (SSSR count). The third kappa shape index (κ3) is 5.58. The van der Waals surface area contributed by atoms with Crippen LogP contribution in [-0.2, 0) is 6.42 Å². The Morgan fingerprint density at radius 1 is 1.33 bits per heavy atom. The normalized spacial score (nSPS) is 11.4. The van der Waals surface area contributed by atoms with E-state index in [2.05, 4.69) is 35.6 Å². The van der Waals surface area contributed by atoms with Crippen molar-refractivity contribution < 1.29 is 4.79 Å². The molecule has 0 bridgehead atoms. The van der Waals surface area contributed by atoms with Crippen LogP contribution < -0.4 is 10.6 Å². The van der Waals surface area contributed by atoms with Crippen molar-refractivity contribution in [3.8, 4) is 10.7 Å². The highest BCUT2D eigenvalue weighted by Gasteiger charge is 2.18. The van der Waals surface area contributed by atoms with Gasteiger partial charge in [0.25, 0.3) is 5.91 Å². The maximum atomic E-state index is 12.7. The van der Waals surface area contributed by atoms with Crippen LogP contribution in [0.15, 0.2) is 41.8 Å². The minimum atomic E-state index is -0.451. The molecule has 0 saturated heterocycles. The van der Waals surface area contributed by atoms with E-state index >= 15 is 0 Å². The van der Waals surface area contributed by atoms with Gasteiger partial charge < -0.3 is 10.6 Å². The fourth-order valence-electron chi connectivity index (χ4n) is 2.60. The van der Waals surface area contributed by atoms with Crippen LogP contribution in [0.1, 0.15) is 15.2 Å². The zero-order valence-corrected chi connectivity index (χ0v) is 18.0. The number of hydrogen-bond acceptors (Lipinski definition) is 7. The van der Waals surface area contributed by atoms with E-state index in [0.29, 0.717) is 38.0 Å². The molecule has 154 valence electrons. The molecule has 0 saturated carbocycles. The van der Waals surface area contributed by atoms with Crippen molar-refractivity contribution in [3.05, 3.63) is 67.6 Å². The summed E-state index contributed by atoms with van der Waals surface area (Å²) in [4.78, 5) is 28.6. The van der Waals surface area contributed by atoms with Crippen LogP contribution in [0.3, 0.4) is 0 Å². The number of anilines is 1. The predicted octanol–water partition coefficient (Wildman–Crippen LogP) is 4.60. The summed E-state index contributed by atoms with van der Waals surface area (Å²) in [6.07, 6.45) is 3.47. The van der Waals surface area contributed by atoms with Crippen molar-refractivity contribution in [3.63, 3.8) is 0 Å². The first-order valence-corrected chi connectivity index (χ1v) is 10.3. The lowest BCUT2D eigenvalue weighted by Crippen LogP contribution is -2.38. The van der Waals surface area contributed by atoms with Crippen LogP contribution in [-0.4, -0.2) is 40.5 Å². The van der Waals surface area contributed by atoms with Gasteiger partial charge in [0.1, 0.15) is 15.6 Å². The molecule has 1 atom stereocenters. The molecule has 0 spiro atoms. The number of benzene rings is 1. The SMILES string of the molecule is CNc1nccc(-c2ncc(C(=O)N[C@H](CN=[N+]=[N-])Cc3ccc(Cl)cc3Cl)s2)n1. The first kappa shape index (κ1) is 21.8. The van der Waals surface area contributed by atoms with Gasteiger partial charge in [0.05, 0.1) is 6.20 Å². The maximum Gasteiger partial charge on any atom is 0.263 e. The summed E-state index contributed by atoms with van der Waals surface area (Å²) in [7, 11) is 1.72. The third-order valence-corrected chi connectivity index (χ3v) is 5.62. The largest absolute Gasteiger partial charge is 0.357 e. The highest BCUT2D eigenvalue weighted by Crippen LogP contribution is 2.25. The maximum absolute atomic E-state index is 12.7. The molecule has 30 heavy (non-hydrogen) atoms. The second-order valence-corrected chi connectivity index (χ2v) is 7.94. The van der Waals surface area contributed by atoms with Crippen molar-refractivity contribution >= 4 is 46.4 Å². The van der Waals surface area contributed by atoms with Crippen molar-refractivity contribution in [2.75, 3.05) is 18.9 Å². The van der Waals surface area contributed by atoms with E-state index in [1.165, 1.54) is 17.5 Å². The molecule has 1 aromatic carbocycles. The van der Waals surface area contributed by atoms with Crippen molar-refractivity contribution in [1.82, 2.24) is 20.3 Å². The summed E-state index contributed by atoms with van der Waals surface area (Å²) in [5.41, 5.74) is 10.1.